The number of ether oxygens (including phenoxy) is 1. The van der Waals surface area contributed by atoms with Gasteiger partial charge in [0.25, 0.3) is 11.8 Å². The minimum absolute atomic E-state index is 0.0375. The maximum absolute atomic E-state index is 13.3. The van der Waals surface area contributed by atoms with Crippen molar-refractivity contribution in [2.45, 2.75) is 49.0 Å². The molecule has 4 amide bonds. The Balaban J connectivity index is 1.49. The van der Waals surface area contributed by atoms with E-state index in [1.807, 2.05) is 0 Å². The number of nitrogens with one attached hydrogen (secondary N) is 2. The molecule has 0 bridgehead atoms. The molecule has 2 unspecified atom stereocenters. The number of β-lactam (4-membered cyclic amide) rings is 1. The summed E-state index contributed by atoms with van der Waals surface area (Å²) >= 11 is 2.45. The molecule has 1 aromatic heterocycles. The number of carbonyl (C=O) groups excluding carboxylic acids is 4. The standard InChI is InChI=1S/C25H29N7O7S2/c1-25(2,3)39-24(38)28-14(12-8-6-5-7-9-12)19(34)27-15-20(35)32-16(22(36)37)13(10-40-21(15)32)11-41-23-30-29-18(17(26)33)31(23)4/h5-9,14-15,21H,10-11H2,1-4H3,(H2,26,33)(H,27,34)(H,28,38)(H,36,37)/t14?,15?,21-/m0/s1. The third-order valence-electron chi connectivity index (χ3n) is 6.03. The van der Waals surface area contributed by atoms with Gasteiger partial charge >= 0.3 is 12.1 Å². The van der Waals surface area contributed by atoms with E-state index in [2.05, 4.69) is 20.8 Å². The van der Waals surface area contributed by atoms with Crippen molar-refractivity contribution >= 4 is 53.3 Å². The molecule has 3 atom stereocenters. The minimum Gasteiger partial charge on any atom is -0.477 e. The number of hydrogen-bond acceptors (Lipinski definition) is 10. The van der Waals surface area contributed by atoms with Crippen LogP contribution in [-0.2, 0) is 26.2 Å². The average molecular weight is 604 g/mol. The molecular weight excluding hydrogens is 574 g/mol. The van der Waals surface area contributed by atoms with Crippen LogP contribution >= 0.6 is 23.5 Å². The van der Waals surface area contributed by atoms with E-state index in [1.165, 1.54) is 16.3 Å². The number of amides is 4. The van der Waals surface area contributed by atoms with E-state index in [1.54, 1.807) is 58.2 Å². The lowest BCUT2D eigenvalue weighted by Gasteiger charge is -2.49. The Labute approximate surface area is 243 Å². The number of rotatable bonds is 9. The van der Waals surface area contributed by atoms with Gasteiger partial charge in [0.15, 0.2) is 5.16 Å². The van der Waals surface area contributed by atoms with Crippen LogP contribution in [0.3, 0.4) is 0 Å². The number of nitrogens with zero attached hydrogens (tertiary/aromatic N) is 4. The minimum atomic E-state index is -1.28. The lowest BCUT2D eigenvalue weighted by Crippen LogP contribution is -2.71. The van der Waals surface area contributed by atoms with Crippen LogP contribution in [0.25, 0.3) is 0 Å². The molecule has 2 aliphatic rings. The molecule has 16 heteroatoms. The summed E-state index contributed by atoms with van der Waals surface area (Å²) in [6, 6.07) is 6.33. The first-order chi connectivity index (χ1) is 19.3. The first-order valence-electron chi connectivity index (χ1n) is 12.3. The zero-order chi connectivity index (χ0) is 30.1. The average Bonchev–Trinajstić information content (AvgIpc) is 3.28. The van der Waals surface area contributed by atoms with E-state index in [0.717, 1.165) is 16.7 Å². The van der Waals surface area contributed by atoms with Crippen LogP contribution in [-0.4, -0.2) is 83.1 Å². The summed E-state index contributed by atoms with van der Waals surface area (Å²) in [5, 5.41) is 22.5. The second kappa shape index (κ2) is 11.8. The van der Waals surface area contributed by atoms with Crippen LogP contribution in [0.15, 0.2) is 46.8 Å². The third-order valence-corrected chi connectivity index (χ3v) is 8.48. The fourth-order valence-electron chi connectivity index (χ4n) is 4.21. The maximum Gasteiger partial charge on any atom is 0.408 e. The molecule has 2 aromatic rings. The van der Waals surface area contributed by atoms with Gasteiger partial charge in [-0.3, -0.25) is 19.3 Å². The smallest absolute Gasteiger partial charge is 0.408 e. The number of alkyl carbamates (subject to hydrolysis) is 1. The van der Waals surface area contributed by atoms with Crippen molar-refractivity contribution < 1.29 is 33.8 Å². The number of aromatic nitrogens is 3. The van der Waals surface area contributed by atoms with Crippen LogP contribution in [0.2, 0.25) is 0 Å². The highest BCUT2D eigenvalue weighted by molar-refractivity contribution is 8.01. The molecule has 0 aliphatic carbocycles. The van der Waals surface area contributed by atoms with Gasteiger partial charge in [-0.15, -0.1) is 22.0 Å². The van der Waals surface area contributed by atoms with E-state index < -0.39 is 52.8 Å². The van der Waals surface area contributed by atoms with Gasteiger partial charge in [-0.05, 0) is 31.9 Å². The second-order valence-electron chi connectivity index (χ2n) is 10.2. The van der Waals surface area contributed by atoms with Crippen LogP contribution in [0, 0.1) is 0 Å². The number of hydrogen-bond donors (Lipinski definition) is 4. The molecule has 1 aromatic carbocycles. The van der Waals surface area contributed by atoms with Crippen LogP contribution in [0.4, 0.5) is 4.79 Å². The Hall–Kier alpha value is -4.05. The van der Waals surface area contributed by atoms with Gasteiger partial charge in [-0.2, -0.15) is 0 Å². The molecule has 4 rings (SSSR count). The first kappa shape index (κ1) is 29.9. The Morgan fingerprint density at radius 3 is 2.49 bits per heavy atom. The number of carboxylic acid groups (broad SMARTS) is 1. The molecule has 0 radical (unpaired) electrons. The van der Waals surface area contributed by atoms with Crippen molar-refractivity contribution in [2.75, 3.05) is 11.5 Å². The van der Waals surface area contributed by atoms with E-state index >= 15 is 0 Å². The zero-order valence-electron chi connectivity index (χ0n) is 22.6. The Bertz CT molecular complexity index is 1420. The van der Waals surface area contributed by atoms with E-state index in [0.29, 0.717) is 16.3 Å². The van der Waals surface area contributed by atoms with E-state index in [9.17, 15) is 29.1 Å². The van der Waals surface area contributed by atoms with Crippen molar-refractivity contribution in [3.63, 3.8) is 0 Å². The Morgan fingerprint density at radius 2 is 1.90 bits per heavy atom. The van der Waals surface area contributed by atoms with Crippen molar-refractivity contribution in [3.8, 4) is 0 Å². The molecule has 41 heavy (non-hydrogen) atoms. The molecule has 1 fully saturated rings. The third kappa shape index (κ3) is 6.48. The number of benzene rings is 1. The molecule has 0 spiro atoms. The van der Waals surface area contributed by atoms with Crippen molar-refractivity contribution in [3.05, 3.63) is 53.0 Å². The monoisotopic (exact) mass is 603 g/mol. The van der Waals surface area contributed by atoms with Gasteiger partial charge in [-0.25, -0.2) is 9.59 Å². The maximum atomic E-state index is 13.3. The number of nitrogens with two attached hydrogens (primary N) is 1. The zero-order valence-corrected chi connectivity index (χ0v) is 24.2. The summed E-state index contributed by atoms with van der Waals surface area (Å²) in [5.74, 6) is -2.86. The number of carbonyl (C=O) groups is 5. The highest BCUT2D eigenvalue weighted by Crippen LogP contribution is 2.41. The highest BCUT2D eigenvalue weighted by Gasteiger charge is 2.54. The Kier molecular flexibility index (Phi) is 8.63. The number of carboxylic acids is 1. The normalized spacial score (nSPS) is 19.1. The largest absolute Gasteiger partial charge is 0.477 e. The van der Waals surface area contributed by atoms with E-state index in [-0.39, 0.29) is 23.0 Å². The van der Waals surface area contributed by atoms with Gasteiger partial charge < -0.3 is 30.8 Å². The lowest BCUT2D eigenvalue weighted by atomic mass is 10.0. The second-order valence-corrected chi connectivity index (χ2v) is 12.2. The summed E-state index contributed by atoms with van der Waals surface area (Å²) < 4.78 is 6.71. The van der Waals surface area contributed by atoms with Gasteiger partial charge in [0.1, 0.15) is 28.8 Å². The summed E-state index contributed by atoms with van der Waals surface area (Å²) in [4.78, 5) is 63.8. The predicted molar refractivity (Wildman–Crippen MR) is 148 cm³/mol. The summed E-state index contributed by atoms with van der Waals surface area (Å²) in [6.45, 7) is 5.08. The molecule has 5 N–H and O–H groups in total. The van der Waals surface area contributed by atoms with Gasteiger partial charge in [0.05, 0.1) is 0 Å². The van der Waals surface area contributed by atoms with Crippen molar-refractivity contribution in [2.24, 2.45) is 12.8 Å². The van der Waals surface area contributed by atoms with Gasteiger partial charge in [0, 0.05) is 18.6 Å². The van der Waals surface area contributed by atoms with Crippen LogP contribution < -0.4 is 16.4 Å². The van der Waals surface area contributed by atoms with Crippen LogP contribution in [0.5, 0.6) is 0 Å². The molecule has 218 valence electrons. The molecule has 0 saturated carbocycles. The van der Waals surface area contributed by atoms with E-state index in [4.69, 9.17) is 10.5 Å². The summed E-state index contributed by atoms with van der Waals surface area (Å²) in [6.07, 6.45) is -0.806. The molecular formula is C25H29N7O7S2. The fourth-order valence-corrected chi connectivity index (χ4v) is 6.60. The summed E-state index contributed by atoms with van der Waals surface area (Å²) in [7, 11) is 1.56. The highest BCUT2D eigenvalue weighted by atomic mass is 32.2. The van der Waals surface area contributed by atoms with Crippen molar-refractivity contribution in [1.82, 2.24) is 30.3 Å². The van der Waals surface area contributed by atoms with Gasteiger partial charge in [0.2, 0.25) is 11.7 Å². The van der Waals surface area contributed by atoms with Crippen molar-refractivity contribution in [1.29, 1.82) is 0 Å². The molecule has 1 saturated heterocycles. The fraction of sp³-hybridized carbons (Fsp3) is 0.400. The Morgan fingerprint density at radius 1 is 1.22 bits per heavy atom. The number of primary amides is 1. The number of aliphatic carboxylic acids is 1. The quantitative estimate of drug-likeness (QED) is 0.236. The topological polar surface area (TPSA) is 199 Å². The lowest BCUT2D eigenvalue weighted by molar-refractivity contribution is -0.151. The number of thioether (sulfide) groups is 2. The molecule has 3 heterocycles. The summed E-state index contributed by atoms with van der Waals surface area (Å²) in [5.41, 5.74) is 5.26. The number of fused-ring (bicyclic) bond motifs is 1. The SMILES string of the molecule is Cn1c(SCC2=C(C(=O)O)N3C(=O)C(NC(=O)C(NC(=O)OC(C)(C)C)c4ccccc4)[C@@H]3SC2)nnc1C(N)=O. The van der Waals surface area contributed by atoms with Crippen LogP contribution in [0.1, 0.15) is 43.0 Å². The first-order valence-corrected chi connectivity index (χ1v) is 14.4. The predicted octanol–water partition coefficient (Wildman–Crippen LogP) is 1.01. The molecule has 2 aliphatic heterocycles. The molecule has 14 nitrogen and oxygen atoms in total. The van der Waals surface area contributed by atoms with Gasteiger partial charge in [-0.1, -0.05) is 42.1 Å².